The van der Waals surface area contributed by atoms with Gasteiger partial charge in [-0.25, -0.2) is 19.2 Å². The third-order valence-corrected chi connectivity index (χ3v) is 5.58. The van der Waals surface area contributed by atoms with E-state index in [1.54, 1.807) is 13.8 Å². The Morgan fingerprint density at radius 2 is 1.92 bits per heavy atom. The van der Waals surface area contributed by atoms with Gasteiger partial charge < -0.3 is 15.4 Å². The zero-order valence-electron chi connectivity index (χ0n) is 19.8. The number of nitrogens with zero attached hydrogens (tertiary/aromatic N) is 4. The van der Waals surface area contributed by atoms with Gasteiger partial charge in [0.05, 0.1) is 12.3 Å². The van der Waals surface area contributed by atoms with Crippen molar-refractivity contribution in [3.05, 3.63) is 35.4 Å². The molecule has 1 aliphatic rings. The number of carbonyl (C=O) groups excluding carboxylic acids is 1. The monoisotopic (exact) mass is 553 g/mol. The normalized spacial score (nSPS) is 20.3. The Morgan fingerprint density at radius 1 is 1.18 bits per heavy atom. The van der Waals surface area contributed by atoms with Crippen molar-refractivity contribution in [3.8, 4) is 0 Å². The number of nitrogens with one attached hydrogen (secondary N) is 3. The number of alkyl carbamates (subject to hydrolysis) is 1. The minimum absolute atomic E-state index is 0.0379. The molecular formula is C21H22F7N7O3. The first-order valence-corrected chi connectivity index (χ1v) is 11.3. The van der Waals surface area contributed by atoms with Gasteiger partial charge in [0.25, 0.3) is 0 Å². The van der Waals surface area contributed by atoms with Crippen LogP contribution in [0.4, 0.5) is 47.3 Å². The van der Waals surface area contributed by atoms with Gasteiger partial charge in [-0.1, -0.05) is 0 Å². The molecule has 0 aliphatic heterocycles. The number of aromatic nitrogens is 5. The fourth-order valence-corrected chi connectivity index (χ4v) is 3.98. The number of hydrogen-bond acceptors (Lipinski definition) is 7. The number of aromatic amines is 1. The molecule has 38 heavy (non-hydrogen) atoms. The summed E-state index contributed by atoms with van der Waals surface area (Å²) < 4.78 is 102. The molecule has 208 valence electrons. The molecule has 1 amide bonds. The van der Waals surface area contributed by atoms with Crippen molar-refractivity contribution < 1.29 is 45.0 Å². The van der Waals surface area contributed by atoms with E-state index in [2.05, 4.69) is 35.5 Å². The van der Waals surface area contributed by atoms with Gasteiger partial charge in [-0.3, -0.25) is 14.2 Å². The van der Waals surface area contributed by atoms with E-state index >= 15 is 4.39 Å². The zero-order valence-corrected chi connectivity index (χ0v) is 19.8. The number of alkyl halides is 7. The fourth-order valence-electron chi connectivity index (χ4n) is 3.98. The number of hydrogen-bond donors (Lipinski definition) is 3. The first-order valence-electron chi connectivity index (χ1n) is 11.3. The standard InChI is InChI=1S/C21H22F7N7O3/c1-9(2)29-19(36)38-13-4-3-11(17(13)22)12-5-15(34-33-12)32-18-31-14(20(23,24)25)6-16-30-10(7-35(16)18)8-37-21(26,27)28/h5-7,9,11,13,17H,3-4,8H2,1-2H3,(H,29,36)(H2,31,32,33,34)/t11-,13-,17-/m1/s1. The molecule has 3 N–H and O–H groups in total. The largest absolute Gasteiger partial charge is 0.522 e. The van der Waals surface area contributed by atoms with Gasteiger partial charge in [0.2, 0.25) is 5.95 Å². The van der Waals surface area contributed by atoms with Crippen LogP contribution in [0.5, 0.6) is 0 Å². The maximum absolute atomic E-state index is 15.0. The van der Waals surface area contributed by atoms with Gasteiger partial charge in [-0.05, 0) is 26.7 Å². The highest BCUT2D eigenvalue weighted by atomic mass is 19.4. The molecule has 3 aromatic rings. The second kappa shape index (κ2) is 10.3. The fraction of sp³-hybridized carbons (Fsp3) is 0.524. The van der Waals surface area contributed by atoms with Crippen LogP contribution in [0.25, 0.3) is 5.65 Å². The lowest BCUT2D eigenvalue weighted by Crippen LogP contribution is -2.36. The van der Waals surface area contributed by atoms with Crippen LogP contribution in [0.1, 0.15) is 49.7 Å². The molecule has 3 atom stereocenters. The van der Waals surface area contributed by atoms with Crippen LogP contribution in [0.3, 0.4) is 0 Å². The van der Waals surface area contributed by atoms with E-state index in [0.717, 1.165) is 10.6 Å². The number of amides is 1. The lowest BCUT2D eigenvalue weighted by atomic mass is 10.0. The third kappa shape index (κ3) is 6.43. The van der Waals surface area contributed by atoms with E-state index in [1.807, 2.05) is 0 Å². The first kappa shape index (κ1) is 27.4. The van der Waals surface area contributed by atoms with Crippen molar-refractivity contribution in [2.75, 3.05) is 5.32 Å². The van der Waals surface area contributed by atoms with Gasteiger partial charge in [-0.2, -0.15) is 18.3 Å². The highest BCUT2D eigenvalue weighted by molar-refractivity contribution is 5.67. The summed E-state index contributed by atoms with van der Waals surface area (Å²) in [5.74, 6) is -1.22. The number of H-pyrrole nitrogens is 1. The summed E-state index contributed by atoms with van der Waals surface area (Å²) in [6.45, 7) is 2.41. The summed E-state index contributed by atoms with van der Waals surface area (Å²) in [6.07, 6.45) is -11.6. The molecule has 17 heteroatoms. The average molecular weight is 553 g/mol. The predicted molar refractivity (Wildman–Crippen MR) is 116 cm³/mol. The van der Waals surface area contributed by atoms with E-state index in [9.17, 15) is 31.1 Å². The molecule has 1 saturated carbocycles. The van der Waals surface area contributed by atoms with Gasteiger partial charge in [0.1, 0.15) is 17.9 Å². The van der Waals surface area contributed by atoms with Crippen molar-refractivity contribution in [2.45, 2.75) is 70.1 Å². The van der Waals surface area contributed by atoms with Gasteiger partial charge in [0.15, 0.2) is 11.5 Å². The Morgan fingerprint density at radius 3 is 2.58 bits per heavy atom. The lowest BCUT2D eigenvalue weighted by Gasteiger charge is -2.18. The number of anilines is 2. The number of halogens is 7. The highest BCUT2D eigenvalue weighted by Crippen LogP contribution is 2.39. The number of carbonyl (C=O) groups is 1. The van der Waals surface area contributed by atoms with Gasteiger partial charge in [-0.15, -0.1) is 13.2 Å². The predicted octanol–water partition coefficient (Wildman–Crippen LogP) is 4.97. The number of rotatable bonds is 7. The zero-order chi connectivity index (χ0) is 27.8. The van der Waals surface area contributed by atoms with Crippen LogP contribution in [0, 0.1) is 0 Å². The van der Waals surface area contributed by atoms with Crippen molar-refractivity contribution >= 4 is 23.5 Å². The van der Waals surface area contributed by atoms with E-state index in [0.29, 0.717) is 18.2 Å². The Bertz CT molecular complexity index is 1290. The minimum atomic E-state index is -4.96. The van der Waals surface area contributed by atoms with E-state index in [4.69, 9.17) is 4.74 Å². The van der Waals surface area contributed by atoms with Gasteiger partial charge in [0, 0.05) is 36.0 Å². The molecule has 0 spiro atoms. The van der Waals surface area contributed by atoms with E-state index in [-0.39, 0.29) is 29.6 Å². The van der Waals surface area contributed by atoms with Crippen molar-refractivity contribution in [1.82, 2.24) is 29.9 Å². The molecule has 0 radical (unpaired) electrons. The molecule has 3 aromatic heterocycles. The van der Waals surface area contributed by atoms with Crippen LogP contribution >= 0.6 is 0 Å². The summed E-state index contributed by atoms with van der Waals surface area (Å²) in [4.78, 5) is 19.1. The van der Waals surface area contributed by atoms with Crippen molar-refractivity contribution in [3.63, 3.8) is 0 Å². The van der Waals surface area contributed by atoms with Crippen LogP contribution in [-0.4, -0.2) is 55.3 Å². The average Bonchev–Trinajstić information content (AvgIpc) is 3.50. The summed E-state index contributed by atoms with van der Waals surface area (Å²) in [5.41, 5.74) is -1.70. The SMILES string of the molecule is CC(C)NC(=O)O[C@@H]1CC[C@H](c2cc(Nc3nc(C(F)(F)F)cc4nc(COC(F)(F)F)cn34)n[nH]2)[C@H]1F. The molecule has 0 bridgehead atoms. The maximum atomic E-state index is 15.0. The summed E-state index contributed by atoms with van der Waals surface area (Å²) in [6, 6.07) is 1.73. The Balaban J connectivity index is 1.54. The van der Waals surface area contributed by atoms with Crippen LogP contribution in [0.15, 0.2) is 18.3 Å². The topological polar surface area (TPSA) is 118 Å². The molecule has 4 rings (SSSR count). The molecule has 0 aromatic carbocycles. The van der Waals surface area contributed by atoms with E-state index in [1.165, 1.54) is 6.07 Å². The molecule has 1 aliphatic carbocycles. The Hall–Kier alpha value is -3.63. The molecule has 0 saturated heterocycles. The first-order chi connectivity index (χ1) is 17.7. The second-order valence-corrected chi connectivity index (χ2v) is 8.86. The summed E-state index contributed by atoms with van der Waals surface area (Å²) >= 11 is 0. The smallest absolute Gasteiger partial charge is 0.443 e. The third-order valence-electron chi connectivity index (χ3n) is 5.58. The van der Waals surface area contributed by atoms with E-state index < -0.39 is 55.1 Å². The number of fused-ring (bicyclic) bond motifs is 1. The minimum Gasteiger partial charge on any atom is -0.443 e. The molecule has 0 unspecified atom stereocenters. The lowest BCUT2D eigenvalue weighted by molar-refractivity contribution is -0.330. The molecule has 1 fully saturated rings. The Kier molecular flexibility index (Phi) is 7.40. The molecule has 3 heterocycles. The number of imidazole rings is 1. The highest BCUT2D eigenvalue weighted by Gasteiger charge is 2.41. The van der Waals surface area contributed by atoms with Crippen molar-refractivity contribution in [1.29, 1.82) is 0 Å². The number of ether oxygens (including phenoxy) is 2. The second-order valence-electron chi connectivity index (χ2n) is 8.86. The molecular weight excluding hydrogens is 531 g/mol. The van der Waals surface area contributed by atoms with Crippen LogP contribution in [0.2, 0.25) is 0 Å². The maximum Gasteiger partial charge on any atom is 0.522 e. The quantitative estimate of drug-likeness (QED) is 0.354. The Labute approximate surface area is 209 Å². The molecule has 10 nitrogen and oxygen atoms in total. The summed E-state index contributed by atoms with van der Waals surface area (Å²) in [7, 11) is 0. The van der Waals surface area contributed by atoms with Crippen LogP contribution < -0.4 is 10.6 Å². The summed E-state index contributed by atoms with van der Waals surface area (Å²) in [5, 5.41) is 11.6. The van der Waals surface area contributed by atoms with Crippen LogP contribution in [-0.2, 0) is 22.3 Å². The van der Waals surface area contributed by atoms with Crippen molar-refractivity contribution in [2.24, 2.45) is 0 Å². The van der Waals surface area contributed by atoms with Gasteiger partial charge >= 0.3 is 18.6 Å².